The number of nitriles is 2. The Kier molecular flexibility index (Phi) is 5.30. The van der Waals surface area contributed by atoms with Gasteiger partial charge in [0.15, 0.2) is 0 Å². The normalized spacial score (nSPS) is 15.8. The zero-order valence-corrected chi connectivity index (χ0v) is 17.0. The maximum absolute atomic E-state index is 9.23. The van der Waals surface area contributed by atoms with Gasteiger partial charge in [0.05, 0.1) is 17.4 Å². The molecule has 3 rings (SSSR count). The highest BCUT2D eigenvalue weighted by molar-refractivity contribution is 7.00. The van der Waals surface area contributed by atoms with E-state index >= 15 is 0 Å². The molecule has 2 aromatic rings. The van der Waals surface area contributed by atoms with Crippen molar-refractivity contribution in [3.63, 3.8) is 0 Å². The molecule has 0 aliphatic heterocycles. The van der Waals surface area contributed by atoms with Crippen molar-refractivity contribution in [1.82, 2.24) is 8.75 Å². The molecule has 1 aliphatic carbocycles. The topological polar surface area (TPSA) is 76.6 Å². The predicted octanol–water partition coefficient (Wildman–Crippen LogP) is 4.78. The molecule has 138 valence electrons. The summed E-state index contributed by atoms with van der Waals surface area (Å²) in [6, 6.07) is 8.33. The van der Waals surface area contributed by atoms with Crippen molar-refractivity contribution in [2.24, 2.45) is 5.41 Å². The Labute approximate surface area is 164 Å². The standard InChI is InChI=1S/C21H23N5S/c1-21(2)10-14(9-16(11-21)17(12-22)13-23)5-6-15-7-8-18(26(3)4)20-19(15)24-27-25-20/h7-9H,5-6,10-11H2,1-4H3. The lowest BCUT2D eigenvalue weighted by atomic mass is 9.73. The molecule has 6 heteroatoms. The number of benzene rings is 1. The summed E-state index contributed by atoms with van der Waals surface area (Å²) in [5, 5.41) is 18.5. The van der Waals surface area contributed by atoms with Gasteiger partial charge < -0.3 is 4.90 Å². The van der Waals surface area contributed by atoms with E-state index in [2.05, 4.69) is 45.7 Å². The van der Waals surface area contributed by atoms with Crippen LogP contribution in [0, 0.1) is 28.1 Å². The fourth-order valence-electron chi connectivity index (χ4n) is 3.79. The second-order valence-electron chi connectivity index (χ2n) is 8.04. The highest BCUT2D eigenvalue weighted by Crippen LogP contribution is 2.40. The molecule has 1 aliphatic rings. The maximum atomic E-state index is 9.23. The molecule has 0 spiro atoms. The Morgan fingerprint density at radius 2 is 1.81 bits per heavy atom. The highest BCUT2D eigenvalue weighted by Gasteiger charge is 2.27. The van der Waals surface area contributed by atoms with Crippen LogP contribution in [0.5, 0.6) is 0 Å². The van der Waals surface area contributed by atoms with Gasteiger partial charge in [0.2, 0.25) is 0 Å². The number of hydrogen-bond donors (Lipinski definition) is 0. The van der Waals surface area contributed by atoms with E-state index in [1.165, 1.54) is 22.9 Å². The van der Waals surface area contributed by atoms with Gasteiger partial charge in [0.1, 0.15) is 28.7 Å². The van der Waals surface area contributed by atoms with E-state index in [4.69, 9.17) is 0 Å². The van der Waals surface area contributed by atoms with Gasteiger partial charge in [-0.2, -0.15) is 19.3 Å². The summed E-state index contributed by atoms with van der Waals surface area (Å²) in [6.45, 7) is 4.39. The van der Waals surface area contributed by atoms with Crippen LogP contribution in [-0.2, 0) is 6.42 Å². The fourth-order valence-corrected chi connectivity index (χ4v) is 4.38. The van der Waals surface area contributed by atoms with Crippen LogP contribution in [0.3, 0.4) is 0 Å². The molecule has 1 aromatic heterocycles. The molecule has 0 bridgehead atoms. The van der Waals surface area contributed by atoms with E-state index in [-0.39, 0.29) is 11.0 Å². The SMILES string of the molecule is CN(C)c1ccc(CCC2=CC(=C(C#N)C#N)CC(C)(C)C2)c2nsnc12. The summed E-state index contributed by atoms with van der Waals surface area (Å²) in [7, 11) is 4.02. The molecule has 0 atom stereocenters. The average molecular weight is 378 g/mol. The minimum Gasteiger partial charge on any atom is -0.376 e. The minimum absolute atomic E-state index is 0.0602. The summed E-state index contributed by atoms with van der Waals surface area (Å²) in [6.07, 6.45) is 5.58. The first-order valence-electron chi connectivity index (χ1n) is 8.99. The highest BCUT2D eigenvalue weighted by atomic mass is 32.1. The van der Waals surface area contributed by atoms with Crippen molar-refractivity contribution in [1.29, 1.82) is 10.5 Å². The van der Waals surface area contributed by atoms with E-state index in [1.807, 2.05) is 26.2 Å². The summed E-state index contributed by atoms with van der Waals surface area (Å²) < 4.78 is 8.98. The first-order chi connectivity index (χ1) is 12.8. The lowest BCUT2D eigenvalue weighted by Gasteiger charge is -2.31. The molecule has 0 unspecified atom stereocenters. The van der Waals surface area contributed by atoms with Crippen molar-refractivity contribution < 1.29 is 0 Å². The van der Waals surface area contributed by atoms with E-state index < -0.39 is 0 Å². The Morgan fingerprint density at radius 1 is 1.11 bits per heavy atom. The van der Waals surface area contributed by atoms with E-state index in [9.17, 15) is 10.5 Å². The van der Waals surface area contributed by atoms with Crippen LogP contribution < -0.4 is 4.90 Å². The van der Waals surface area contributed by atoms with Crippen LogP contribution in [0.4, 0.5) is 5.69 Å². The van der Waals surface area contributed by atoms with Crippen LogP contribution in [-0.4, -0.2) is 22.8 Å². The Balaban J connectivity index is 1.89. The molecule has 0 N–H and O–H groups in total. The van der Waals surface area contributed by atoms with E-state index in [0.717, 1.165) is 48.0 Å². The van der Waals surface area contributed by atoms with Gasteiger partial charge in [0, 0.05) is 14.1 Å². The zero-order chi connectivity index (χ0) is 19.6. The molecule has 0 saturated heterocycles. The number of fused-ring (bicyclic) bond motifs is 1. The second-order valence-corrected chi connectivity index (χ2v) is 8.57. The third-order valence-electron chi connectivity index (χ3n) is 4.97. The van der Waals surface area contributed by atoms with Crippen molar-refractivity contribution in [2.75, 3.05) is 19.0 Å². The lowest BCUT2D eigenvalue weighted by molar-refractivity contribution is 0.346. The second kappa shape index (κ2) is 7.50. The molecular formula is C21H23N5S. The summed E-state index contributed by atoms with van der Waals surface area (Å²) in [5.41, 5.74) is 6.67. The number of nitrogens with zero attached hydrogens (tertiary/aromatic N) is 5. The summed E-state index contributed by atoms with van der Waals surface area (Å²) >= 11 is 1.25. The summed E-state index contributed by atoms with van der Waals surface area (Å²) in [5.74, 6) is 0. The van der Waals surface area contributed by atoms with Crippen molar-refractivity contribution in [3.05, 3.63) is 40.5 Å². The molecule has 27 heavy (non-hydrogen) atoms. The van der Waals surface area contributed by atoms with Crippen LogP contribution in [0.2, 0.25) is 0 Å². The van der Waals surface area contributed by atoms with Crippen LogP contribution in [0.25, 0.3) is 11.0 Å². The quantitative estimate of drug-likeness (QED) is 0.717. The molecule has 0 radical (unpaired) electrons. The third-order valence-corrected chi connectivity index (χ3v) is 5.50. The number of rotatable bonds is 4. The number of anilines is 1. The largest absolute Gasteiger partial charge is 0.376 e. The van der Waals surface area contributed by atoms with Crippen LogP contribution in [0.15, 0.2) is 34.9 Å². The molecule has 5 nitrogen and oxygen atoms in total. The van der Waals surface area contributed by atoms with Crippen LogP contribution in [0.1, 0.15) is 38.7 Å². The lowest BCUT2D eigenvalue weighted by Crippen LogP contribution is -2.18. The summed E-state index contributed by atoms with van der Waals surface area (Å²) in [4.78, 5) is 2.06. The van der Waals surface area contributed by atoms with E-state index in [0.29, 0.717) is 0 Å². The molecule has 1 heterocycles. The van der Waals surface area contributed by atoms with Gasteiger partial charge in [0.25, 0.3) is 0 Å². The maximum Gasteiger partial charge on any atom is 0.132 e. The van der Waals surface area contributed by atoms with Crippen LogP contribution >= 0.6 is 11.7 Å². The monoisotopic (exact) mass is 377 g/mol. The first kappa shape index (κ1) is 19.1. The molecular weight excluding hydrogens is 354 g/mol. The number of aryl methyl sites for hydroxylation is 1. The van der Waals surface area contributed by atoms with Gasteiger partial charge in [-0.15, -0.1) is 0 Å². The van der Waals surface area contributed by atoms with Gasteiger partial charge in [-0.25, -0.2) is 0 Å². The Morgan fingerprint density at radius 3 is 2.48 bits per heavy atom. The van der Waals surface area contributed by atoms with Crippen molar-refractivity contribution in [2.45, 2.75) is 39.5 Å². The molecule has 0 saturated carbocycles. The number of hydrogen-bond acceptors (Lipinski definition) is 6. The number of aromatic nitrogens is 2. The first-order valence-corrected chi connectivity index (χ1v) is 9.72. The minimum atomic E-state index is 0.0602. The Bertz CT molecular complexity index is 995. The average Bonchev–Trinajstić information content (AvgIpc) is 3.09. The van der Waals surface area contributed by atoms with Gasteiger partial charge in [-0.3, -0.25) is 0 Å². The Hall–Kier alpha value is -2.70. The van der Waals surface area contributed by atoms with Gasteiger partial charge in [-0.1, -0.05) is 31.6 Å². The third kappa shape index (κ3) is 4.02. The molecule has 0 amide bonds. The molecule has 1 aromatic carbocycles. The van der Waals surface area contributed by atoms with Crippen molar-refractivity contribution in [3.8, 4) is 12.1 Å². The predicted molar refractivity (Wildman–Crippen MR) is 109 cm³/mol. The fraction of sp³-hybridized carbons (Fsp3) is 0.429. The number of allylic oxidation sites excluding steroid dienone is 4. The van der Waals surface area contributed by atoms with E-state index in [1.54, 1.807) is 0 Å². The van der Waals surface area contributed by atoms with Gasteiger partial charge in [-0.05, 0) is 48.3 Å². The van der Waals surface area contributed by atoms with Crippen molar-refractivity contribution >= 4 is 28.4 Å². The smallest absolute Gasteiger partial charge is 0.132 e. The van der Waals surface area contributed by atoms with Gasteiger partial charge >= 0.3 is 0 Å². The zero-order valence-electron chi connectivity index (χ0n) is 16.2. The molecule has 0 fully saturated rings.